The minimum absolute atomic E-state index is 0.0585. The molecule has 7 heteroatoms. The lowest BCUT2D eigenvalue weighted by molar-refractivity contribution is 0.0989. The molecular formula is C27H29N3O3S. The Balaban J connectivity index is 1.32. The van der Waals surface area contributed by atoms with Crippen molar-refractivity contribution in [2.45, 2.75) is 30.7 Å². The van der Waals surface area contributed by atoms with Crippen molar-refractivity contribution in [3.63, 3.8) is 0 Å². The van der Waals surface area contributed by atoms with Crippen LogP contribution < -0.4 is 9.80 Å². The van der Waals surface area contributed by atoms with Gasteiger partial charge in [-0.15, -0.1) is 0 Å². The molecule has 3 aromatic carbocycles. The van der Waals surface area contributed by atoms with E-state index in [1.54, 1.807) is 23.1 Å². The molecule has 2 heterocycles. The van der Waals surface area contributed by atoms with Crippen LogP contribution >= 0.6 is 0 Å². The normalized spacial score (nSPS) is 15.4. The van der Waals surface area contributed by atoms with Gasteiger partial charge in [0, 0.05) is 50.7 Å². The number of anilines is 2. The van der Waals surface area contributed by atoms with Crippen molar-refractivity contribution in [3.05, 3.63) is 89.0 Å². The zero-order valence-electron chi connectivity index (χ0n) is 19.6. The van der Waals surface area contributed by atoms with E-state index in [4.69, 9.17) is 0 Å². The van der Waals surface area contributed by atoms with Gasteiger partial charge in [-0.2, -0.15) is 0 Å². The number of carbonyl (C=O) groups excluding carboxylic acids is 1. The van der Waals surface area contributed by atoms with Crippen molar-refractivity contribution in [1.29, 1.82) is 0 Å². The number of hydrogen-bond acceptors (Lipinski definition) is 4. The fraction of sp³-hybridized carbons (Fsp3) is 0.296. The molecule has 0 radical (unpaired) electrons. The van der Waals surface area contributed by atoms with Crippen molar-refractivity contribution in [1.82, 2.24) is 4.31 Å². The summed E-state index contributed by atoms with van der Waals surface area (Å²) in [6.45, 7) is 2.40. The van der Waals surface area contributed by atoms with E-state index in [0.717, 1.165) is 37.2 Å². The van der Waals surface area contributed by atoms with Crippen molar-refractivity contribution in [2.24, 2.45) is 0 Å². The monoisotopic (exact) mass is 475 g/mol. The Morgan fingerprint density at radius 1 is 0.882 bits per heavy atom. The van der Waals surface area contributed by atoms with Crippen LogP contribution in [0, 0.1) is 0 Å². The van der Waals surface area contributed by atoms with Crippen LogP contribution in [0.3, 0.4) is 0 Å². The van der Waals surface area contributed by atoms with Gasteiger partial charge in [0.15, 0.2) is 0 Å². The Hall–Kier alpha value is -3.16. The van der Waals surface area contributed by atoms with Crippen LogP contribution in [0.1, 0.15) is 33.5 Å². The van der Waals surface area contributed by atoms with Gasteiger partial charge in [0.25, 0.3) is 5.91 Å². The van der Waals surface area contributed by atoms with E-state index < -0.39 is 10.0 Å². The van der Waals surface area contributed by atoms with Crippen LogP contribution in [0.15, 0.2) is 71.6 Å². The molecule has 5 rings (SSSR count). The summed E-state index contributed by atoms with van der Waals surface area (Å²) in [6.07, 6.45) is 2.92. The highest BCUT2D eigenvalue weighted by Gasteiger charge is 2.28. The first kappa shape index (κ1) is 22.6. The first-order valence-electron chi connectivity index (χ1n) is 11.6. The number of rotatable bonds is 5. The average Bonchev–Trinajstić information content (AvgIpc) is 3.27. The Kier molecular flexibility index (Phi) is 5.91. The molecule has 0 atom stereocenters. The summed E-state index contributed by atoms with van der Waals surface area (Å²) in [5.74, 6) is -0.0585. The van der Waals surface area contributed by atoms with E-state index in [-0.39, 0.29) is 10.8 Å². The fourth-order valence-electron chi connectivity index (χ4n) is 4.87. The zero-order valence-corrected chi connectivity index (χ0v) is 20.4. The number of nitrogens with zero attached hydrogens (tertiary/aromatic N) is 3. The molecule has 3 aromatic rings. The predicted octanol–water partition coefficient (Wildman–Crippen LogP) is 4.09. The molecule has 0 N–H and O–H groups in total. The zero-order chi connectivity index (χ0) is 23.9. The van der Waals surface area contributed by atoms with Crippen LogP contribution in [0.4, 0.5) is 11.4 Å². The number of carbonyl (C=O) groups is 1. The van der Waals surface area contributed by atoms with Crippen molar-refractivity contribution >= 4 is 27.3 Å². The quantitative estimate of drug-likeness (QED) is 0.558. The second-order valence-electron chi connectivity index (χ2n) is 9.14. The maximum atomic E-state index is 13.3. The second-order valence-corrected chi connectivity index (χ2v) is 11.3. The van der Waals surface area contributed by atoms with E-state index in [0.29, 0.717) is 18.5 Å². The lowest BCUT2D eigenvalue weighted by Crippen LogP contribution is -2.29. The molecule has 34 heavy (non-hydrogen) atoms. The van der Waals surface area contributed by atoms with Gasteiger partial charge in [0.2, 0.25) is 10.0 Å². The number of benzene rings is 3. The van der Waals surface area contributed by atoms with Crippen LogP contribution in [0.25, 0.3) is 0 Å². The van der Waals surface area contributed by atoms with Crippen molar-refractivity contribution < 1.29 is 13.2 Å². The van der Waals surface area contributed by atoms with Crippen molar-refractivity contribution in [3.8, 4) is 0 Å². The van der Waals surface area contributed by atoms with Crippen LogP contribution in [-0.4, -0.2) is 45.8 Å². The maximum Gasteiger partial charge on any atom is 0.258 e. The Bertz CT molecular complexity index is 1330. The molecule has 0 unspecified atom stereocenters. The summed E-state index contributed by atoms with van der Waals surface area (Å²) >= 11 is 0. The second kappa shape index (κ2) is 8.89. The SMILES string of the molecule is CN(C)S(=O)(=O)c1ccc2c(c1)CCN2C(=O)c1ccc(CN2CCCc3ccccc32)cc1. The number of hydrogen-bond donors (Lipinski definition) is 0. The van der Waals surface area contributed by atoms with Crippen LogP contribution in [0.2, 0.25) is 0 Å². The minimum Gasteiger partial charge on any atom is -0.367 e. The third kappa shape index (κ3) is 4.10. The van der Waals surface area contributed by atoms with Crippen molar-refractivity contribution in [2.75, 3.05) is 37.0 Å². The molecule has 2 aliphatic heterocycles. The summed E-state index contributed by atoms with van der Waals surface area (Å²) in [4.78, 5) is 17.7. The molecule has 0 bridgehead atoms. The number of para-hydroxylation sites is 1. The third-order valence-electron chi connectivity index (χ3n) is 6.75. The Labute approximate surface area is 201 Å². The summed E-state index contributed by atoms with van der Waals surface area (Å²) in [7, 11) is -0.458. The molecular weight excluding hydrogens is 446 g/mol. The lowest BCUT2D eigenvalue weighted by Gasteiger charge is -2.31. The highest BCUT2D eigenvalue weighted by Crippen LogP contribution is 2.32. The molecule has 0 saturated carbocycles. The first-order chi connectivity index (χ1) is 16.3. The minimum atomic E-state index is -3.50. The van der Waals surface area contributed by atoms with E-state index >= 15 is 0 Å². The predicted molar refractivity (Wildman–Crippen MR) is 135 cm³/mol. The summed E-state index contributed by atoms with van der Waals surface area (Å²) < 4.78 is 26.1. The van der Waals surface area contributed by atoms with Gasteiger partial charge in [-0.05, 0) is 72.4 Å². The standard InChI is InChI=1S/C27H29N3O3S/c1-28(2)34(32,33)24-13-14-26-23(18-24)15-17-30(26)27(31)22-11-9-20(10-12-22)19-29-16-5-7-21-6-3-4-8-25(21)29/h3-4,6,8-14,18H,5,7,15-17,19H2,1-2H3. The summed E-state index contributed by atoms with van der Waals surface area (Å²) in [5, 5.41) is 0. The van der Waals surface area contributed by atoms with Crippen LogP contribution in [-0.2, 0) is 29.4 Å². The van der Waals surface area contributed by atoms with Gasteiger partial charge in [0.05, 0.1) is 4.90 Å². The maximum absolute atomic E-state index is 13.3. The number of aryl methyl sites for hydroxylation is 1. The fourth-order valence-corrected chi connectivity index (χ4v) is 5.82. The van der Waals surface area contributed by atoms with Gasteiger partial charge in [-0.3, -0.25) is 4.79 Å². The lowest BCUT2D eigenvalue weighted by atomic mass is 10.0. The first-order valence-corrected chi connectivity index (χ1v) is 13.1. The van der Waals surface area contributed by atoms with Gasteiger partial charge in [0.1, 0.15) is 0 Å². The molecule has 6 nitrogen and oxygen atoms in total. The Morgan fingerprint density at radius 3 is 2.41 bits per heavy atom. The number of amides is 1. The number of sulfonamides is 1. The van der Waals surface area contributed by atoms with E-state index in [2.05, 4.69) is 29.2 Å². The summed E-state index contributed by atoms with van der Waals surface area (Å²) in [6, 6.07) is 21.5. The summed E-state index contributed by atoms with van der Waals surface area (Å²) in [5.41, 5.74) is 6.19. The van der Waals surface area contributed by atoms with E-state index in [1.807, 2.05) is 24.3 Å². The molecule has 0 aromatic heterocycles. The highest BCUT2D eigenvalue weighted by atomic mass is 32.2. The Morgan fingerprint density at radius 2 is 1.65 bits per heavy atom. The van der Waals surface area contributed by atoms with Gasteiger partial charge in [-0.25, -0.2) is 12.7 Å². The largest absolute Gasteiger partial charge is 0.367 e. The third-order valence-corrected chi connectivity index (χ3v) is 8.56. The van der Waals surface area contributed by atoms with Gasteiger partial charge < -0.3 is 9.80 Å². The molecule has 1 amide bonds. The van der Waals surface area contributed by atoms with Crippen LogP contribution in [0.5, 0.6) is 0 Å². The molecule has 0 spiro atoms. The van der Waals surface area contributed by atoms with E-state index in [9.17, 15) is 13.2 Å². The molecule has 2 aliphatic rings. The molecule has 0 aliphatic carbocycles. The molecule has 0 fully saturated rings. The smallest absolute Gasteiger partial charge is 0.258 e. The highest BCUT2D eigenvalue weighted by molar-refractivity contribution is 7.89. The molecule has 0 saturated heterocycles. The number of fused-ring (bicyclic) bond motifs is 2. The van der Waals surface area contributed by atoms with E-state index in [1.165, 1.54) is 35.2 Å². The van der Waals surface area contributed by atoms with Gasteiger partial charge >= 0.3 is 0 Å². The molecule has 176 valence electrons. The topological polar surface area (TPSA) is 60.9 Å². The average molecular weight is 476 g/mol. The van der Waals surface area contributed by atoms with Gasteiger partial charge in [-0.1, -0.05) is 30.3 Å².